The normalized spacial score (nSPS) is 38.9. The van der Waals surface area contributed by atoms with Gasteiger partial charge < -0.3 is 0 Å². The highest BCUT2D eigenvalue weighted by atomic mass is 19.4. The summed E-state index contributed by atoms with van der Waals surface area (Å²) < 4.78 is 240. The molecule has 2 unspecified atom stereocenters. The minimum absolute atomic E-state index is 4.03. The standard InChI is InChI=1S/C10HF18N/c11-2(12)1-3(13,14)5(17,18)7(21,22)10(27,28)29(1)8(23,9(24,25)26)6(19,20)4(2,15)16/h1H. The second-order valence-electron chi connectivity index (χ2n) is 5.98. The Morgan fingerprint density at radius 3 is 1.10 bits per heavy atom. The van der Waals surface area contributed by atoms with Gasteiger partial charge in [0.25, 0.3) is 0 Å². The molecule has 2 rings (SSSR count). The van der Waals surface area contributed by atoms with E-state index < -0.39 is 64.5 Å². The maximum Gasteiger partial charge on any atom is 0.443 e. The highest BCUT2D eigenvalue weighted by Gasteiger charge is 3.04. The molecule has 2 saturated heterocycles. The van der Waals surface area contributed by atoms with E-state index >= 15 is 0 Å². The first-order valence-corrected chi connectivity index (χ1v) is 6.43. The van der Waals surface area contributed by atoms with Gasteiger partial charge in [0.2, 0.25) is 0 Å². The molecule has 29 heavy (non-hydrogen) atoms. The van der Waals surface area contributed by atoms with Crippen molar-refractivity contribution in [3.05, 3.63) is 0 Å². The summed E-state index contributed by atoms with van der Waals surface area (Å²) in [5.41, 5.74) is 0. The number of alkyl halides is 18. The third kappa shape index (κ3) is 2.02. The largest absolute Gasteiger partial charge is 0.443 e. The Morgan fingerprint density at radius 1 is 0.483 bits per heavy atom. The average molecular weight is 477 g/mol. The Balaban J connectivity index is 3.13. The van der Waals surface area contributed by atoms with Crippen LogP contribution in [-0.4, -0.2) is 64.5 Å². The van der Waals surface area contributed by atoms with Crippen LogP contribution in [0.1, 0.15) is 0 Å². The van der Waals surface area contributed by atoms with Crippen LogP contribution in [-0.2, 0) is 0 Å². The summed E-state index contributed by atoms with van der Waals surface area (Å²) in [5.74, 6) is -55.3. The zero-order valence-corrected chi connectivity index (χ0v) is 12.3. The highest BCUT2D eigenvalue weighted by Crippen LogP contribution is 2.73. The number of piperidine rings is 2. The number of hydrogen-bond donors (Lipinski definition) is 0. The molecule has 172 valence electrons. The van der Waals surface area contributed by atoms with Crippen molar-refractivity contribution in [3.63, 3.8) is 0 Å². The minimum Gasteiger partial charge on any atom is -0.209 e. The van der Waals surface area contributed by atoms with Gasteiger partial charge in [-0.25, -0.2) is 4.39 Å². The van der Waals surface area contributed by atoms with Crippen LogP contribution in [0.3, 0.4) is 0 Å². The third-order valence-corrected chi connectivity index (χ3v) is 4.37. The van der Waals surface area contributed by atoms with E-state index in [0.29, 0.717) is 0 Å². The van der Waals surface area contributed by atoms with Gasteiger partial charge in [0.1, 0.15) is 0 Å². The van der Waals surface area contributed by atoms with Crippen molar-refractivity contribution in [1.82, 2.24) is 4.90 Å². The Bertz CT molecular complexity index is 696. The Morgan fingerprint density at radius 2 is 0.793 bits per heavy atom. The van der Waals surface area contributed by atoms with Gasteiger partial charge in [-0.15, -0.1) is 0 Å². The fraction of sp³-hybridized carbons (Fsp3) is 1.00. The second kappa shape index (κ2) is 5.12. The Hall–Kier alpha value is -1.30. The molecule has 2 fully saturated rings. The zero-order chi connectivity index (χ0) is 23.7. The molecule has 19 heteroatoms. The predicted octanol–water partition coefficient (Wildman–Crippen LogP) is 5.32. The van der Waals surface area contributed by atoms with E-state index in [1.807, 2.05) is 0 Å². The summed E-state index contributed by atoms with van der Waals surface area (Å²) in [6.45, 7) is 0. The first kappa shape index (κ1) is 24.0. The van der Waals surface area contributed by atoms with E-state index in [2.05, 4.69) is 0 Å². The molecule has 2 aliphatic heterocycles. The monoisotopic (exact) mass is 477 g/mol. The molecule has 2 aliphatic rings. The molecule has 0 radical (unpaired) electrons. The summed E-state index contributed by atoms with van der Waals surface area (Å²) in [7, 11) is 0. The SMILES string of the molecule is FC(F)(F)C1(F)N2C(C(F)(F)C(F)(F)C(F)(F)C2(F)F)C(F)(F)C(F)(F)C1(F)F. The fourth-order valence-corrected chi connectivity index (χ4v) is 2.86. The maximum absolute atomic E-state index is 14.1. The van der Waals surface area contributed by atoms with E-state index in [0.717, 1.165) is 0 Å². The van der Waals surface area contributed by atoms with Crippen LogP contribution in [0, 0.1) is 0 Å². The van der Waals surface area contributed by atoms with E-state index in [9.17, 15) is 79.0 Å². The molecule has 0 aromatic heterocycles. The van der Waals surface area contributed by atoms with Crippen LogP contribution in [0.15, 0.2) is 0 Å². The van der Waals surface area contributed by atoms with Crippen molar-refractivity contribution in [2.45, 2.75) is 59.6 Å². The van der Waals surface area contributed by atoms with Crippen LogP contribution in [0.4, 0.5) is 79.0 Å². The lowest BCUT2D eigenvalue weighted by Gasteiger charge is -2.62. The number of fused-ring (bicyclic) bond motifs is 1. The molecule has 0 amide bonds. The van der Waals surface area contributed by atoms with Gasteiger partial charge >= 0.3 is 53.6 Å². The van der Waals surface area contributed by atoms with Gasteiger partial charge in [-0.3, -0.25) is 0 Å². The van der Waals surface area contributed by atoms with E-state index in [1.165, 1.54) is 0 Å². The van der Waals surface area contributed by atoms with Gasteiger partial charge in [0.05, 0.1) is 0 Å². The third-order valence-electron chi connectivity index (χ3n) is 4.37. The number of nitrogens with zero attached hydrogens (tertiary/aromatic N) is 1. The van der Waals surface area contributed by atoms with Crippen molar-refractivity contribution in [2.75, 3.05) is 0 Å². The van der Waals surface area contributed by atoms with E-state index in [-0.39, 0.29) is 0 Å². The molecular weight excluding hydrogens is 476 g/mol. The molecule has 0 spiro atoms. The molecule has 0 aliphatic carbocycles. The zero-order valence-electron chi connectivity index (χ0n) is 12.3. The first-order valence-electron chi connectivity index (χ1n) is 6.43. The molecule has 1 nitrogen and oxygen atoms in total. The number of rotatable bonds is 0. The lowest BCUT2D eigenvalue weighted by molar-refractivity contribution is -0.552. The van der Waals surface area contributed by atoms with Crippen LogP contribution in [0.2, 0.25) is 0 Å². The van der Waals surface area contributed by atoms with Crippen molar-refractivity contribution >= 4 is 0 Å². The van der Waals surface area contributed by atoms with Crippen LogP contribution < -0.4 is 0 Å². The van der Waals surface area contributed by atoms with E-state index in [4.69, 9.17) is 0 Å². The van der Waals surface area contributed by atoms with Gasteiger partial charge in [0, 0.05) is 0 Å². The quantitative estimate of drug-likeness (QED) is 0.338. The van der Waals surface area contributed by atoms with Crippen LogP contribution in [0.25, 0.3) is 0 Å². The summed E-state index contributed by atoms with van der Waals surface area (Å²) in [5, 5.41) is 0. The van der Waals surface area contributed by atoms with Crippen molar-refractivity contribution in [3.8, 4) is 0 Å². The average Bonchev–Trinajstić information content (AvgIpc) is 2.46. The van der Waals surface area contributed by atoms with Crippen molar-refractivity contribution in [1.29, 1.82) is 0 Å². The highest BCUT2D eigenvalue weighted by molar-refractivity contribution is 5.29. The van der Waals surface area contributed by atoms with Gasteiger partial charge in [-0.05, 0) is 0 Å². The number of hydrogen-bond acceptors (Lipinski definition) is 1. The predicted molar refractivity (Wildman–Crippen MR) is 50.1 cm³/mol. The first-order chi connectivity index (χ1) is 12.2. The summed E-state index contributed by atoms with van der Waals surface area (Å²) in [4.78, 5) is -4.03. The summed E-state index contributed by atoms with van der Waals surface area (Å²) >= 11 is 0. The van der Waals surface area contributed by atoms with Crippen molar-refractivity contribution in [2.24, 2.45) is 0 Å². The molecule has 0 aromatic rings. The molecule has 0 aromatic carbocycles. The lowest BCUT2D eigenvalue weighted by Crippen LogP contribution is -2.94. The van der Waals surface area contributed by atoms with Crippen LogP contribution >= 0.6 is 0 Å². The fourth-order valence-electron chi connectivity index (χ4n) is 2.86. The van der Waals surface area contributed by atoms with Crippen LogP contribution in [0.5, 0.6) is 0 Å². The van der Waals surface area contributed by atoms with Gasteiger partial charge in [0.15, 0.2) is 6.04 Å². The van der Waals surface area contributed by atoms with Crippen molar-refractivity contribution < 1.29 is 79.0 Å². The molecule has 0 N–H and O–H groups in total. The van der Waals surface area contributed by atoms with E-state index in [1.54, 1.807) is 0 Å². The summed E-state index contributed by atoms with van der Waals surface area (Å²) in [6, 6.07) is -14.4. The number of halogens is 18. The lowest BCUT2D eigenvalue weighted by atomic mass is 9.74. The van der Waals surface area contributed by atoms with Gasteiger partial charge in [-0.2, -0.15) is 79.5 Å². The summed E-state index contributed by atoms with van der Waals surface area (Å²) in [6.07, 6.45) is -7.98. The molecule has 2 heterocycles. The minimum atomic E-state index is -8.14. The Labute approximate surface area is 145 Å². The molecule has 0 saturated carbocycles. The Kier molecular flexibility index (Phi) is 4.23. The topological polar surface area (TPSA) is 3.24 Å². The van der Waals surface area contributed by atoms with Gasteiger partial charge in [-0.1, -0.05) is 0 Å². The molecule has 0 bridgehead atoms. The smallest absolute Gasteiger partial charge is 0.209 e. The second-order valence-corrected chi connectivity index (χ2v) is 5.98. The molecule has 2 atom stereocenters. The molecular formula is C10HF18N. The maximum atomic E-state index is 14.1.